The second-order valence-corrected chi connectivity index (χ2v) is 5.65. The van der Waals surface area contributed by atoms with E-state index in [1.165, 1.54) is 12.8 Å². The quantitative estimate of drug-likeness (QED) is 0.930. The molecule has 4 heteroatoms. The van der Waals surface area contributed by atoms with Gasteiger partial charge in [-0.3, -0.25) is 0 Å². The number of rotatable bonds is 3. The monoisotopic (exact) mass is 270 g/mol. The van der Waals surface area contributed by atoms with Gasteiger partial charge in [-0.05, 0) is 38.8 Å². The van der Waals surface area contributed by atoms with Crippen LogP contribution in [0.2, 0.25) is 0 Å². The van der Waals surface area contributed by atoms with Crippen LogP contribution in [0, 0.1) is 5.92 Å². The average molecular weight is 270 g/mol. The number of para-hydroxylation sites is 1. The second kappa shape index (κ2) is 5.75. The molecule has 2 unspecified atom stereocenters. The van der Waals surface area contributed by atoms with Crippen LogP contribution in [-0.4, -0.2) is 36.1 Å². The summed E-state index contributed by atoms with van der Waals surface area (Å²) < 4.78 is 0. The van der Waals surface area contributed by atoms with Crippen LogP contribution in [0.15, 0.2) is 30.5 Å². The number of hydrogen-bond acceptors (Lipinski definition) is 4. The van der Waals surface area contributed by atoms with Crippen molar-refractivity contribution in [2.75, 3.05) is 25.0 Å². The lowest BCUT2D eigenvalue weighted by Gasteiger charge is -2.35. The highest BCUT2D eigenvalue weighted by molar-refractivity contribution is 5.78. The van der Waals surface area contributed by atoms with E-state index in [2.05, 4.69) is 34.3 Å². The van der Waals surface area contributed by atoms with Crippen molar-refractivity contribution in [3.63, 3.8) is 0 Å². The fourth-order valence-electron chi connectivity index (χ4n) is 2.95. The Morgan fingerprint density at radius 2 is 2.20 bits per heavy atom. The molecule has 1 aliphatic rings. The van der Waals surface area contributed by atoms with E-state index in [1.807, 2.05) is 25.4 Å². The highest BCUT2D eigenvalue weighted by Gasteiger charge is 2.25. The Morgan fingerprint density at radius 1 is 1.35 bits per heavy atom. The Hall–Kier alpha value is -1.68. The van der Waals surface area contributed by atoms with Gasteiger partial charge in [0.2, 0.25) is 5.95 Å². The van der Waals surface area contributed by atoms with Gasteiger partial charge in [-0.25, -0.2) is 9.97 Å². The summed E-state index contributed by atoms with van der Waals surface area (Å²) in [7, 11) is 2.04. The molecule has 3 rings (SSSR count). The first-order valence-corrected chi connectivity index (χ1v) is 7.42. The SMILES string of the molecule is CNC(C)C1CCCN(c2ncc3ccccc3n2)C1. The fraction of sp³-hybridized carbons (Fsp3) is 0.500. The number of fused-ring (bicyclic) bond motifs is 1. The first-order chi connectivity index (χ1) is 9.78. The molecule has 0 radical (unpaired) electrons. The first-order valence-electron chi connectivity index (χ1n) is 7.42. The molecule has 1 aliphatic heterocycles. The van der Waals surface area contributed by atoms with E-state index >= 15 is 0 Å². The molecule has 1 N–H and O–H groups in total. The molecule has 1 aromatic heterocycles. The van der Waals surface area contributed by atoms with Crippen LogP contribution in [0.4, 0.5) is 5.95 Å². The Labute approximate surface area is 120 Å². The van der Waals surface area contributed by atoms with Crippen molar-refractivity contribution in [2.45, 2.75) is 25.8 Å². The minimum absolute atomic E-state index is 0.540. The molecule has 1 fully saturated rings. The van der Waals surface area contributed by atoms with Gasteiger partial charge < -0.3 is 10.2 Å². The molecule has 2 aromatic rings. The van der Waals surface area contributed by atoms with Crippen LogP contribution in [0.3, 0.4) is 0 Å². The topological polar surface area (TPSA) is 41.0 Å². The Bertz CT molecular complexity index is 583. The molecule has 0 aliphatic carbocycles. The van der Waals surface area contributed by atoms with Crippen molar-refractivity contribution in [3.05, 3.63) is 30.5 Å². The predicted molar refractivity (Wildman–Crippen MR) is 83.0 cm³/mol. The van der Waals surface area contributed by atoms with Crippen LogP contribution in [0.1, 0.15) is 19.8 Å². The van der Waals surface area contributed by atoms with Crippen molar-refractivity contribution in [3.8, 4) is 0 Å². The summed E-state index contributed by atoms with van der Waals surface area (Å²) in [6, 6.07) is 8.70. The first kappa shape index (κ1) is 13.3. The van der Waals surface area contributed by atoms with Crippen molar-refractivity contribution in [1.82, 2.24) is 15.3 Å². The van der Waals surface area contributed by atoms with Gasteiger partial charge in [0.1, 0.15) is 0 Å². The van der Waals surface area contributed by atoms with Crippen LogP contribution >= 0.6 is 0 Å². The molecule has 0 amide bonds. The summed E-state index contributed by atoms with van der Waals surface area (Å²) in [6.45, 7) is 4.36. The molecule has 1 saturated heterocycles. The number of hydrogen-bond donors (Lipinski definition) is 1. The van der Waals surface area contributed by atoms with Crippen molar-refractivity contribution >= 4 is 16.9 Å². The smallest absolute Gasteiger partial charge is 0.225 e. The van der Waals surface area contributed by atoms with Crippen LogP contribution < -0.4 is 10.2 Å². The van der Waals surface area contributed by atoms with Crippen LogP contribution in [0.5, 0.6) is 0 Å². The van der Waals surface area contributed by atoms with E-state index in [1.54, 1.807) is 0 Å². The van der Waals surface area contributed by atoms with Crippen molar-refractivity contribution in [1.29, 1.82) is 0 Å². The van der Waals surface area contributed by atoms with E-state index in [4.69, 9.17) is 4.98 Å². The molecule has 1 aromatic carbocycles. The third-order valence-corrected chi connectivity index (χ3v) is 4.38. The largest absolute Gasteiger partial charge is 0.340 e. The Kier molecular flexibility index (Phi) is 3.83. The maximum absolute atomic E-state index is 4.71. The third kappa shape index (κ3) is 2.61. The van der Waals surface area contributed by atoms with Gasteiger partial charge >= 0.3 is 0 Å². The molecule has 106 valence electrons. The predicted octanol–water partition coefficient (Wildman–Crippen LogP) is 2.45. The normalized spacial score (nSPS) is 21.1. The van der Waals surface area contributed by atoms with E-state index < -0.39 is 0 Å². The molecule has 0 spiro atoms. The van der Waals surface area contributed by atoms with Crippen molar-refractivity contribution < 1.29 is 0 Å². The average Bonchev–Trinajstić information content (AvgIpc) is 2.53. The molecule has 0 bridgehead atoms. The van der Waals surface area contributed by atoms with E-state index in [0.29, 0.717) is 12.0 Å². The molecule has 20 heavy (non-hydrogen) atoms. The van der Waals surface area contributed by atoms with Gasteiger partial charge in [0.25, 0.3) is 0 Å². The maximum atomic E-state index is 4.71. The number of aromatic nitrogens is 2. The van der Waals surface area contributed by atoms with Crippen LogP contribution in [-0.2, 0) is 0 Å². The maximum Gasteiger partial charge on any atom is 0.225 e. The second-order valence-electron chi connectivity index (χ2n) is 5.65. The van der Waals surface area contributed by atoms with Crippen molar-refractivity contribution in [2.24, 2.45) is 5.92 Å². The van der Waals surface area contributed by atoms with Gasteiger partial charge in [-0.15, -0.1) is 0 Å². The summed E-state index contributed by atoms with van der Waals surface area (Å²) in [6.07, 6.45) is 4.43. The van der Waals surface area contributed by atoms with Gasteiger partial charge in [0.15, 0.2) is 0 Å². The molecular weight excluding hydrogens is 248 g/mol. The zero-order valence-electron chi connectivity index (χ0n) is 12.2. The van der Waals surface area contributed by atoms with E-state index in [0.717, 1.165) is 29.9 Å². The number of piperidine rings is 1. The summed E-state index contributed by atoms with van der Waals surface area (Å²) in [5, 5.41) is 4.47. The van der Waals surface area contributed by atoms with Crippen LogP contribution in [0.25, 0.3) is 10.9 Å². The lowest BCUT2D eigenvalue weighted by atomic mass is 9.92. The minimum atomic E-state index is 0.540. The van der Waals surface area contributed by atoms with Gasteiger partial charge in [0, 0.05) is 30.7 Å². The molecular formula is C16H22N4. The minimum Gasteiger partial charge on any atom is -0.340 e. The van der Waals surface area contributed by atoms with E-state index in [-0.39, 0.29) is 0 Å². The number of nitrogens with zero attached hydrogens (tertiary/aromatic N) is 3. The summed E-state index contributed by atoms with van der Waals surface area (Å²) in [5.74, 6) is 1.54. The van der Waals surface area contributed by atoms with Gasteiger partial charge in [0.05, 0.1) is 5.52 Å². The molecule has 4 nitrogen and oxygen atoms in total. The Morgan fingerprint density at radius 3 is 3.05 bits per heavy atom. The fourth-order valence-corrected chi connectivity index (χ4v) is 2.95. The number of anilines is 1. The highest BCUT2D eigenvalue weighted by Crippen LogP contribution is 2.23. The summed E-state index contributed by atoms with van der Waals surface area (Å²) in [4.78, 5) is 11.6. The lowest BCUT2D eigenvalue weighted by Crippen LogP contribution is -2.44. The van der Waals surface area contributed by atoms with E-state index in [9.17, 15) is 0 Å². The van der Waals surface area contributed by atoms with Gasteiger partial charge in [-0.1, -0.05) is 18.2 Å². The standard InChI is InChI=1S/C16H22N4/c1-12(17-2)14-7-5-9-20(11-14)16-18-10-13-6-3-4-8-15(13)19-16/h3-4,6,8,10,12,14,17H,5,7,9,11H2,1-2H3. The van der Waals surface area contributed by atoms with Gasteiger partial charge in [-0.2, -0.15) is 0 Å². The number of benzene rings is 1. The third-order valence-electron chi connectivity index (χ3n) is 4.38. The highest BCUT2D eigenvalue weighted by atomic mass is 15.3. The molecule has 2 heterocycles. The zero-order chi connectivity index (χ0) is 13.9. The lowest BCUT2D eigenvalue weighted by molar-refractivity contribution is 0.331. The summed E-state index contributed by atoms with van der Waals surface area (Å²) >= 11 is 0. The zero-order valence-corrected chi connectivity index (χ0v) is 12.2. The molecule has 0 saturated carbocycles. The summed E-state index contributed by atoms with van der Waals surface area (Å²) in [5.41, 5.74) is 1.03. The molecule has 2 atom stereocenters. The number of nitrogens with one attached hydrogen (secondary N) is 1. The Balaban J connectivity index is 1.83.